The van der Waals surface area contributed by atoms with E-state index in [9.17, 15) is 14.4 Å². The molecule has 20 heavy (non-hydrogen) atoms. The first-order valence-corrected chi connectivity index (χ1v) is 7.33. The van der Waals surface area contributed by atoms with Crippen molar-refractivity contribution in [1.29, 1.82) is 0 Å². The van der Waals surface area contributed by atoms with Gasteiger partial charge in [0, 0.05) is 12.5 Å². The molecule has 1 aromatic rings. The lowest BCUT2D eigenvalue weighted by Gasteiger charge is -2.19. The van der Waals surface area contributed by atoms with Crippen molar-refractivity contribution < 1.29 is 14.3 Å². The number of hydrogen-bond acceptors (Lipinski definition) is 6. The lowest BCUT2D eigenvalue weighted by Crippen LogP contribution is -2.22. The van der Waals surface area contributed by atoms with Crippen LogP contribution in [-0.4, -0.2) is 34.1 Å². The third-order valence-corrected chi connectivity index (χ3v) is 4.28. The Hall–Kier alpha value is -1.63. The minimum absolute atomic E-state index is 0.0490. The van der Waals surface area contributed by atoms with Crippen LogP contribution in [-0.2, 0) is 20.7 Å². The van der Waals surface area contributed by atoms with Crippen molar-refractivity contribution in [3.8, 4) is 0 Å². The molecule has 1 atom stereocenters. The van der Waals surface area contributed by atoms with E-state index in [1.807, 2.05) is 0 Å². The number of rotatable bonds is 4. The quantitative estimate of drug-likeness (QED) is 0.661. The Bertz CT molecular complexity index is 570. The van der Waals surface area contributed by atoms with Gasteiger partial charge in [-0.3, -0.25) is 14.4 Å². The van der Waals surface area contributed by atoms with Crippen LogP contribution in [0.3, 0.4) is 0 Å². The van der Waals surface area contributed by atoms with Gasteiger partial charge in [-0.25, -0.2) is 4.98 Å². The van der Waals surface area contributed by atoms with E-state index < -0.39 is 5.97 Å². The smallest absolute Gasteiger partial charge is 0.311 e. The first kappa shape index (κ1) is 14.8. The van der Waals surface area contributed by atoms with Gasteiger partial charge in [0.15, 0.2) is 5.16 Å². The van der Waals surface area contributed by atoms with Crippen molar-refractivity contribution in [3.63, 3.8) is 0 Å². The molecule has 1 aliphatic rings. The van der Waals surface area contributed by atoms with Crippen LogP contribution in [0.1, 0.15) is 31.4 Å². The number of carbonyl (C=O) groups excluding carboxylic acids is 2. The van der Waals surface area contributed by atoms with Crippen molar-refractivity contribution in [3.05, 3.63) is 22.1 Å². The molecule has 1 saturated carbocycles. The first-order chi connectivity index (χ1) is 9.58. The molecule has 6 nitrogen and oxygen atoms in total. The van der Waals surface area contributed by atoms with Gasteiger partial charge in [0.05, 0.1) is 24.5 Å². The van der Waals surface area contributed by atoms with Crippen molar-refractivity contribution in [1.82, 2.24) is 9.97 Å². The van der Waals surface area contributed by atoms with Gasteiger partial charge < -0.3 is 9.72 Å². The van der Waals surface area contributed by atoms with E-state index in [1.54, 1.807) is 0 Å². The highest BCUT2D eigenvalue weighted by Gasteiger charge is 2.24. The summed E-state index contributed by atoms with van der Waals surface area (Å²) in [5.41, 5.74) is 0.0241. The Morgan fingerprint density at radius 2 is 2.30 bits per heavy atom. The topological polar surface area (TPSA) is 89.1 Å². The van der Waals surface area contributed by atoms with Crippen molar-refractivity contribution in [2.45, 2.75) is 42.5 Å². The molecular weight excluding hydrogens is 280 g/mol. The number of aromatic amines is 1. The van der Waals surface area contributed by atoms with Gasteiger partial charge in [-0.1, -0.05) is 18.2 Å². The number of thioether (sulfide) groups is 1. The molecule has 0 saturated heterocycles. The molecule has 0 radical (unpaired) electrons. The van der Waals surface area contributed by atoms with Crippen LogP contribution in [0.4, 0.5) is 0 Å². The van der Waals surface area contributed by atoms with Gasteiger partial charge >= 0.3 is 5.97 Å². The van der Waals surface area contributed by atoms with Gasteiger partial charge in [0.1, 0.15) is 5.78 Å². The van der Waals surface area contributed by atoms with Gasteiger partial charge in [0.2, 0.25) is 0 Å². The van der Waals surface area contributed by atoms with Crippen LogP contribution in [0, 0.1) is 0 Å². The molecule has 1 N–H and O–H groups in total. The fraction of sp³-hybridized carbons (Fsp3) is 0.538. The van der Waals surface area contributed by atoms with E-state index in [2.05, 4.69) is 14.7 Å². The molecular formula is C13H16N2O4S. The number of methoxy groups -OCH3 is 1. The zero-order valence-corrected chi connectivity index (χ0v) is 12.0. The number of esters is 1. The third kappa shape index (κ3) is 3.93. The number of nitrogens with one attached hydrogen (secondary N) is 1. The average molecular weight is 296 g/mol. The number of hydrogen-bond donors (Lipinski definition) is 1. The van der Waals surface area contributed by atoms with Crippen LogP contribution < -0.4 is 5.56 Å². The van der Waals surface area contributed by atoms with Crippen LogP contribution >= 0.6 is 11.8 Å². The summed E-state index contributed by atoms with van der Waals surface area (Å²) in [5.74, 6) is -0.255. The normalized spacial score (nSPS) is 18.9. The summed E-state index contributed by atoms with van der Waals surface area (Å²) >= 11 is 1.27. The zero-order valence-electron chi connectivity index (χ0n) is 11.2. The molecule has 0 aromatic carbocycles. The number of carbonyl (C=O) groups is 2. The summed E-state index contributed by atoms with van der Waals surface area (Å²) in [5, 5.41) is 0.233. The highest BCUT2D eigenvalue weighted by Crippen LogP contribution is 2.29. The van der Waals surface area contributed by atoms with E-state index in [0.717, 1.165) is 19.3 Å². The van der Waals surface area contributed by atoms with Crippen LogP contribution in [0.15, 0.2) is 16.0 Å². The van der Waals surface area contributed by atoms with E-state index >= 15 is 0 Å². The molecule has 1 aromatic heterocycles. The predicted octanol–water partition coefficient (Wildman–Crippen LogP) is 1.09. The Labute approximate surface area is 120 Å². The van der Waals surface area contributed by atoms with Gasteiger partial charge in [-0.2, -0.15) is 0 Å². The molecule has 0 amide bonds. The summed E-state index contributed by atoms with van der Waals surface area (Å²) in [6.45, 7) is 0. The lowest BCUT2D eigenvalue weighted by molar-refractivity contribution is -0.139. The molecule has 108 valence electrons. The van der Waals surface area contributed by atoms with Crippen LogP contribution in [0.25, 0.3) is 0 Å². The SMILES string of the molecule is COC(=O)Cc1cc(=O)[nH]c(S[C@H]2CCCCC2=O)n1. The number of nitrogens with zero attached hydrogens (tertiary/aromatic N) is 1. The average Bonchev–Trinajstić information content (AvgIpc) is 2.40. The van der Waals surface area contributed by atoms with E-state index in [-0.39, 0.29) is 23.0 Å². The summed E-state index contributed by atoms with van der Waals surface area (Å²) < 4.78 is 4.55. The van der Waals surface area contributed by atoms with Gasteiger partial charge in [-0.05, 0) is 12.8 Å². The molecule has 1 aliphatic carbocycles. The summed E-state index contributed by atoms with van der Waals surface area (Å²) in [6, 6.07) is 1.27. The fourth-order valence-electron chi connectivity index (χ4n) is 2.06. The summed E-state index contributed by atoms with van der Waals surface area (Å²) in [4.78, 5) is 41.3. The Balaban J connectivity index is 2.13. The standard InChI is InChI=1S/C13H16N2O4S/c1-19-12(18)7-8-6-11(17)15-13(14-8)20-10-5-3-2-4-9(10)16/h6,10H,2-5,7H2,1H3,(H,14,15,17)/t10-/m0/s1. The maximum Gasteiger partial charge on any atom is 0.311 e. The fourth-order valence-corrected chi connectivity index (χ4v) is 3.19. The summed E-state index contributed by atoms with van der Waals surface area (Å²) in [6.07, 6.45) is 3.28. The zero-order chi connectivity index (χ0) is 14.5. The Morgan fingerprint density at radius 3 is 3.00 bits per heavy atom. The van der Waals surface area contributed by atoms with E-state index in [1.165, 1.54) is 24.9 Å². The second-order valence-electron chi connectivity index (χ2n) is 4.61. The number of aromatic nitrogens is 2. The molecule has 1 heterocycles. The number of ketones is 1. The number of Topliss-reactive ketones (excluding diaryl/α,β-unsaturated/α-hetero) is 1. The van der Waals surface area contributed by atoms with Crippen molar-refractivity contribution >= 4 is 23.5 Å². The van der Waals surface area contributed by atoms with Gasteiger partial charge in [-0.15, -0.1) is 0 Å². The highest BCUT2D eigenvalue weighted by molar-refractivity contribution is 8.00. The molecule has 0 spiro atoms. The Kier molecular flexibility index (Phi) is 4.94. The first-order valence-electron chi connectivity index (χ1n) is 6.45. The maximum absolute atomic E-state index is 11.8. The molecule has 0 unspecified atom stereocenters. The largest absolute Gasteiger partial charge is 0.469 e. The number of ether oxygens (including phenoxy) is 1. The minimum Gasteiger partial charge on any atom is -0.469 e. The third-order valence-electron chi connectivity index (χ3n) is 3.08. The predicted molar refractivity (Wildman–Crippen MR) is 73.7 cm³/mol. The minimum atomic E-state index is -0.451. The molecule has 1 fully saturated rings. The summed E-state index contributed by atoms with van der Waals surface area (Å²) in [7, 11) is 1.28. The van der Waals surface area contributed by atoms with Crippen LogP contribution in [0.2, 0.25) is 0 Å². The molecule has 2 rings (SSSR count). The Morgan fingerprint density at radius 1 is 1.50 bits per heavy atom. The van der Waals surface area contributed by atoms with E-state index in [0.29, 0.717) is 17.3 Å². The molecule has 0 aliphatic heterocycles. The monoisotopic (exact) mass is 296 g/mol. The maximum atomic E-state index is 11.8. The number of H-pyrrole nitrogens is 1. The second kappa shape index (κ2) is 6.69. The molecule has 7 heteroatoms. The lowest BCUT2D eigenvalue weighted by atomic mass is 9.99. The second-order valence-corrected chi connectivity index (χ2v) is 5.80. The van der Waals surface area contributed by atoms with Crippen molar-refractivity contribution in [2.24, 2.45) is 0 Å². The molecule has 0 bridgehead atoms. The highest BCUT2D eigenvalue weighted by atomic mass is 32.2. The van der Waals surface area contributed by atoms with Crippen LogP contribution in [0.5, 0.6) is 0 Å². The van der Waals surface area contributed by atoms with Gasteiger partial charge in [0.25, 0.3) is 5.56 Å². The van der Waals surface area contributed by atoms with Crippen molar-refractivity contribution in [2.75, 3.05) is 7.11 Å². The van der Waals surface area contributed by atoms with E-state index in [4.69, 9.17) is 0 Å².